The molecular weight excluding hydrogens is 246 g/mol. The molecule has 0 saturated heterocycles. The molecule has 3 unspecified atom stereocenters. The molecule has 1 heterocycles. The second-order valence-electron chi connectivity index (χ2n) is 7.18. The Labute approximate surface area is 123 Å². The molecular formula is C17H27N3. The third kappa shape index (κ3) is 3.06. The third-order valence-corrected chi connectivity index (χ3v) is 4.79. The van der Waals surface area contributed by atoms with Crippen LogP contribution in [0.25, 0.3) is 0 Å². The molecule has 0 spiro atoms. The van der Waals surface area contributed by atoms with Crippen LogP contribution in [0.4, 0.5) is 0 Å². The van der Waals surface area contributed by atoms with E-state index < -0.39 is 0 Å². The molecule has 20 heavy (non-hydrogen) atoms. The minimum Gasteiger partial charge on any atom is -0.331 e. The van der Waals surface area contributed by atoms with Crippen molar-refractivity contribution >= 4 is 0 Å². The standard InChI is InChI=1S/C17H27N3/c1-5-6-16-19-9-10-20(16)15-11-14(17(2,3)4)8-7-13(15)12-18/h9-10,13-15H,5-8,11H2,1-4H3. The molecule has 0 amide bonds. The highest BCUT2D eigenvalue weighted by Crippen LogP contribution is 2.44. The Morgan fingerprint density at radius 2 is 2.15 bits per heavy atom. The minimum absolute atomic E-state index is 0.137. The maximum atomic E-state index is 9.49. The smallest absolute Gasteiger partial charge is 0.108 e. The lowest BCUT2D eigenvalue weighted by Gasteiger charge is -2.40. The van der Waals surface area contributed by atoms with Gasteiger partial charge in [-0.3, -0.25) is 0 Å². The van der Waals surface area contributed by atoms with E-state index in [4.69, 9.17) is 0 Å². The number of nitrogens with zero attached hydrogens (tertiary/aromatic N) is 3. The molecule has 1 aromatic rings. The lowest BCUT2D eigenvalue weighted by atomic mass is 9.68. The van der Waals surface area contributed by atoms with Gasteiger partial charge in [-0.05, 0) is 37.0 Å². The minimum atomic E-state index is 0.137. The van der Waals surface area contributed by atoms with Gasteiger partial charge in [0.2, 0.25) is 0 Å². The van der Waals surface area contributed by atoms with E-state index in [1.165, 1.54) is 6.42 Å². The summed E-state index contributed by atoms with van der Waals surface area (Å²) in [6.45, 7) is 9.15. The van der Waals surface area contributed by atoms with Gasteiger partial charge in [0.25, 0.3) is 0 Å². The van der Waals surface area contributed by atoms with Crippen molar-refractivity contribution in [3.63, 3.8) is 0 Å². The second kappa shape index (κ2) is 5.99. The van der Waals surface area contributed by atoms with Gasteiger partial charge < -0.3 is 4.57 Å². The molecule has 0 bridgehead atoms. The average molecular weight is 273 g/mol. The first-order chi connectivity index (χ1) is 9.47. The highest BCUT2D eigenvalue weighted by Gasteiger charge is 2.37. The van der Waals surface area contributed by atoms with E-state index in [0.717, 1.165) is 31.5 Å². The Morgan fingerprint density at radius 3 is 2.75 bits per heavy atom. The molecule has 3 atom stereocenters. The number of hydrogen-bond donors (Lipinski definition) is 0. The van der Waals surface area contributed by atoms with E-state index in [9.17, 15) is 5.26 Å². The van der Waals surface area contributed by atoms with Crippen molar-refractivity contribution < 1.29 is 0 Å². The molecule has 3 nitrogen and oxygen atoms in total. The van der Waals surface area contributed by atoms with Crippen molar-refractivity contribution in [1.29, 1.82) is 5.26 Å². The van der Waals surface area contributed by atoms with Crippen LogP contribution in [-0.4, -0.2) is 9.55 Å². The fourth-order valence-corrected chi connectivity index (χ4v) is 3.45. The number of aromatic nitrogens is 2. The molecule has 1 aliphatic rings. The van der Waals surface area contributed by atoms with E-state index in [-0.39, 0.29) is 5.92 Å². The summed E-state index contributed by atoms with van der Waals surface area (Å²) in [7, 11) is 0. The van der Waals surface area contributed by atoms with Crippen LogP contribution in [0.15, 0.2) is 12.4 Å². The summed E-state index contributed by atoms with van der Waals surface area (Å²) < 4.78 is 2.29. The Balaban J connectivity index is 2.25. The number of nitriles is 1. The third-order valence-electron chi connectivity index (χ3n) is 4.79. The molecule has 1 aromatic heterocycles. The molecule has 0 radical (unpaired) electrons. The summed E-state index contributed by atoms with van der Waals surface area (Å²) in [6, 6.07) is 2.84. The predicted octanol–water partition coefficient (Wildman–Crippen LogP) is 4.36. The van der Waals surface area contributed by atoms with Gasteiger partial charge in [0.05, 0.1) is 18.0 Å². The summed E-state index contributed by atoms with van der Waals surface area (Å²) in [4.78, 5) is 4.49. The normalized spacial score (nSPS) is 27.2. The van der Waals surface area contributed by atoms with Crippen molar-refractivity contribution in [3.05, 3.63) is 18.2 Å². The maximum Gasteiger partial charge on any atom is 0.108 e. The lowest BCUT2D eigenvalue weighted by Crippen LogP contribution is -2.33. The highest BCUT2D eigenvalue weighted by atomic mass is 15.1. The van der Waals surface area contributed by atoms with Crippen LogP contribution < -0.4 is 0 Å². The topological polar surface area (TPSA) is 41.6 Å². The SMILES string of the molecule is CCCc1nccn1C1CC(C(C)(C)C)CCC1C#N. The Kier molecular flexibility index (Phi) is 4.52. The largest absolute Gasteiger partial charge is 0.331 e. The zero-order valence-corrected chi connectivity index (χ0v) is 13.3. The van der Waals surface area contributed by atoms with Gasteiger partial charge in [0, 0.05) is 18.8 Å². The van der Waals surface area contributed by atoms with Gasteiger partial charge in [0.15, 0.2) is 0 Å². The summed E-state index contributed by atoms with van der Waals surface area (Å²) in [5, 5.41) is 9.49. The Hall–Kier alpha value is -1.30. The fraction of sp³-hybridized carbons (Fsp3) is 0.765. The van der Waals surface area contributed by atoms with Crippen LogP contribution in [0.3, 0.4) is 0 Å². The number of imidazole rings is 1. The quantitative estimate of drug-likeness (QED) is 0.821. The highest BCUT2D eigenvalue weighted by molar-refractivity contribution is 5.04. The maximum absolute atomic E-state index is 9.49. The average Bonchev–Trinajstić information content (AvgIpc) is 2.85. The van der Waals surface area contributed by atoms with E-state index in [1.54, 1.807) is 0 Å². The zero-order valence-electron chi connectivity index (χ0n) is 13.3. The van der Waals surface area contributed by atoms with E-state index >= 15 is 0 Å². The first-order valence-corrected chi connectivity index (χ1v) is 7.88. The van der Waals surface area contributed by atoms with E-state index in [1.807, 2.05) is 6.20 Å². The summed E-state index contributed by atoms with van der Waals surface area (Å²) in [5.41, 5.74) is 0.324. The zero-order chi connectivity index (χ0) is 14.8. The van der Waals surface area contributed by atoms with Gasteiger partial charge in [-0.1, -0.05) is 27.7 Å². The van der Waals surface area contributed by atoms with Crippen molar-refractivity contribution in [2.75, 3.05) is 0 Å². The monoisotopic (exact) mass is 273 g/mol. The Bertz CT molecular complexity index is 475. The van der Waals surface area contributed by atoms with Crippen molar-refractivity contribution in [3.8, 4) is 6.07 Å². The molecule has 2 rings (SSSR count). The van der Waals surface area contributed by atoms with E-state index in [0.29, 0.717) is 17.4 Å². The molecule has 110 valence electrons. The fourth-order valence-electron chi connectivity index (χ4n) is 3.45. The molecule has 3 heteroatoms. The second-order valence-corrected chi connectivity index (χ2v) is 7.18. The van der Waals surface area contributed by atoms with Crippen LogP contribution >= 0.6 is 0 Å². The molecule has 1 aliphatic carbocycles. The van der Waals surface area contributed by atoms with E-state index in [2.05, 4.69) is 49.5 Å². The molecule has 0 aromatic carbocycles. The first kappa shape index (κ1) is 15.1. The van der Waals surface area contributed by atoms with Crippen LogP contribution in [0, 0.1) is 28.6 Å². The van der Waals surface area contributed by atoms with Crippen molar-refractivity contribution in [2.45, 2.75) is 65.8 Å². The lowest BCUT2D eigenvalue weighted by molar-refractivity contribution is 0.120. The summed E-state index contributed by atoms with van der Waals surface area (Å²) >= 11 is 0. The van der Waals surface area contributed by atoms with Crippen LogP contribution in [0.1, 0.15) is 65.2 Å². The summed E-state index contributed by atoms with van der Waals surface area (Å²) in [6.07, 6.45) is 9.37. The van der Waals surface area contributed by atoms with Gasteiger partial charge in [0.1, 0.15) is 5.82 Å². The van der Waals surface area contributed by atoms with Gasteiger partial charge >= 0.3 is 0 Å². The molecule has 1 saturated carbocycles. The van der Waals surface area contributed by atoms with Crippen molar-refractivity contribution in [2.24, 2.45) is 17.3 Å². The van der Waals surface area contributed by atoms with Crippen LogP contribution in [0.2, 0.25) is 0 Å². The molecule has 0 N–H and O–H groups in total. The van der Waals surface area contributed by atoms with Gasteiger partial charge in [-0.2, -0.15) is 5.26 Å². The summed E-state index contributed by atoms with van der Waals surface area (Å²) in [5.74, 6) is 1.97. The first-order valence-electron chi connectivity index (χ1n) is 7.88. The van der Waals surface area contributed by atoms with Gasteiger partial charge in [-0.25, -0.2) is 4.98 Å². The number of aryl methyl sites for hydroxylation is 1. The van der Waals surface area contributed by atoms with Gasteiger partial charge in [-0.15, -0.1) is 0 Å². The van der Waals surface area contributed by atoms with Crippen LogP contribution in [0.5, 0.6) is 0 Å². The Morgan fingerprint density at radius 1 is 1.40 bits per heavy atom. The number of hydrogen-bond acceptors (Lipinski definition) is 2. The predicted molar refractivity (Wildman–Crippen MR) is 81.2 cm³/mol. The van der Waals surface area contributed by atoms with Crippen LogP contribution in [-0.2, 0) is 6.42 Å². The molecule has 1 fully saturated rings. The number of rotatable bonds is 3. The van der Waals surface area contributed by atoms with Crippen molar-refractivity contribution in [1.82, 2.24) is 9.55 Å². The molecule has 0 aliphatic heterocycles.